The van der Waals surface area contributed by atoms with Crippen LogP contribution in [0.1, 0.15) is 26.4 Å². The molecule has 0 saturated carbocycles. The van der Waals surface area contributed by atoms with Crippen LogP contribution in [0.15, 0.2) is 54.7 Å². The highest BCUT2D eigenvalue weighted by molar-refractivity contribution is 7.15. The number of carbonyl (C=O) groups excluding carboxylic acids is 2. The second-order valence-corrected chi connectivity index (χ2v) is 7.54. The maximum atomic E-state index is 12.1. The summed E-state index contributed by atoms with van der Waals surface area (Å²) in [5.74, 6) is -0.593. The fourth-order valence-corrected chi connectivity index (χ4v) is 3.62. The molecule has 7 heteroatoms. The first kappa shape index (κ1) is 19.1. The molecule has 0 saturated heterocycles. The molecule has 2 N–H and O–H groups in total. The maximum Gasteiger partial charge on any atom is 0.251 e. The number of benzene rings is 2. The van der Waals surface area contributed by atoms with Gasteiger partial charge in [0.25, 0.3) is 5.91 Å². The van der Waals surface area contributed by atoms with Crippen LogP contribution in [0, 0.1) is 6.92 Å². The summed E-state index contributed by atoms with van der Waals surface area (Å²) in [5, 5.41) is 6.52. The van der Waals surface area contributed by atoms with E-state index in [0.29, 0.717) is 22.1 Å². The van der Waals surface area contributed by atoms with E-state index >= 15 is 0 Å². The molecule has 138 valence electrons. The average molecular weight is 400 g/mol. The number of hydrogen-bond donors (Lipinski definition) is 2. The van der Waals surface area contributed by atoms with Crippen molar-refractivity contribution in [2.24, 2.45) is 0 Å². The Labute approximate surface area is 166 Å². The van der Waals surface area contributed by atoms with Crippen LogP contribution in [0.2, 0.25) is 5.02 Å². The van der Waals surface area contributed by atoms with Crippen LogP contribution in [0.5, 0.6) is 0 Å². The first-order valence-electron chi connectivity index (χ1n) is 8.34. The number of rotatable bonds is 6. The van der Waals surface area contributed by atoms with Gasteiger partial charge >= 0.3 is 0 Å². The summed E-state index contributed by atoms with van der Waals surface area (Å²) in [6.45, 7) is 1.74. The van der Waals surface area contributed by atoms with Gasteiger partial charge < -0.3 is 10.6 Å². The van der Waals surface area contributed by atoms with Crippen molar-refractivity contribution in [2.75, 3.05) is 11.9 Å². The van der Waals surface area contributed by atoms with Gasteiger partial charge in [-0.05, 0) is 36.2 Å². The van der Waals surface area contributed by atoms with Crippen LogP contribution in [0.3, 0.4) is 0 Å². The number of hydrogen-bond acceptors (Lipinski definition) is 4. The van der Waals surface area contributed by atoms with E-state index in [1.165, 1.54) is 11.3 Å². The molecule has 0 spiro atoms. The van der Waals surface area contributed by atoms with Crippen molar-refractivity contribution in [3.8, 4) is 0 Å². The summed E-state index contributed by atoms with van der Waals surface area (Å²) < 4.78 is 0. The SMILES string of the molecule is Cc1ccccc1C(=O)NCC(=O)Nc1ncc(Cc2cccc(Cl)c2)s1. The fourth-order valence-electron chi connectivity index (χ4n) is 2.54. The molecular weight excluding hydrogens is 382 g/mol. The van der Waals surface area contributed by atoms with E-state index in [4.69, 9.17) is 11.6 Å². The van der Waals surface area contributed by atoms with Crippen molar-refractivity contribution in [2.45, 2.75) is 13.3 Å². The normalized spacial score (nSPS) is 10.4. The van der Waals surface area contributed by atoms with Crippen LogP contribution in [0.4, 0.5) is 5.13 Å². The molecule has 5 nitrogen and oxygen atoms in total. The maximum absolute atomic E-state index is 12.1. The number of nitrogens with one attached hydrogen (secondary N) is 2. The lowest BCUT2D eigenvalue weighted by atomic mass is 10.1. The van der Waals surface area contributed by atoms with Crippen molar-refractivity contribution in [3.63, 3.8) is 0 Å². The Hall–Kier alpha value is -2.70. The Balaban J connectivity index is 1.52. The van der Waals surface area contributed by atoms with Crippen LogP contribution in [0.25, 0.3) is 0 Å². The lowest BCUT2D eigenvalue weighted by Crippen LogP contribution is -2.33. The summed E-state index contributed by atoms with van der Waals surface area (Å²) in [4.78, 5) is 29.4. The molecule has 0 atom stereocenters. The highest BCUT2D eigenvalue weighted by atomic mass is 35.5. The molecule has 0 aliphatic heterocycles. The number of aromatic nitrogens is 1. The van der Waals surface area contributed by atoms with Gasteiger partial charge in [-0.15, -0.1) is 11.3 Å². The Kier molecular flexibility index (Phi) is 6.21. The Morgan fingerprint density at radius 1 is 1.15 bits per heavy atom. The average Bonchev–Trinajstić information content (AvgIpc) is 3.07. The summed E-state index contributed by atoms with van der Waals surface area (Å²) in [5.41, 5.74) is 2.50. The first-order valence-corrected chi connectivity index (χ1v) is 9.53. The molecule has 0 aliphatic carbocycles. The van der Waals surface area contributed by atoms with E-state index in [2.05, 4.69) is 15.6 Å². The van der Waals surface area contributed by atoms with Crippen LogP contribution >= 0.6 is 22.9 Å². The minimum atomic E-state index is -0.319. The molecule has 0 radical (unpaired) electrons. The van der Waals surface area contributed by atoms with Crippen molar-refractivity contribution in [1.82, 2.24) is 10.3 Å². The zero-order valence-electron chi connectivity index (χ0n) is 14.7. The minimum Gasteiger partial charge on any atom is -0.343 e. The van der Waals surface area contributed by atoms with Crippen molar-refractivity contribution >= 4 is 39.9 Å². The van der Waals surface area contributed by atoms with Gasteiger partial charge in [-0.1, -0.05) is 41.9 Å². The molecular formula is C20H18ClN3O2S. The van der Waals surface area contributed by atoms with Crippen LogP contribution in [-0.4, -0.2) is 23.3 Å². The monoisotopic (exact) mass is 399 g/mol. The number of anilines is 1. The summed E-state index contributed by atoms with van der Waals surface area (Å²) >= 11 is 7.39. The van der Waals surface area contributed by atoms with Crippen LogP contribution in [-0.2, 0) is 11.2 Å². The number of nitrogens with zero attached hydrogens (tertiary/aromatic N) is 1. The molecule has 2 aromatic carbocycles. The van der Waals surface area contributed by atoms with Gasteiger partial charge in [-0.25, -0.2) is 4.98 Å². The number of amides is 2. The zero-order valence-corrected chi connectivity index (χ0v) is 16.2. The molecule has 3 rings (SSSR count). The third-order valence-electron chi connectivity index (χ3n) is 3.87. The van der Waals surface area contributed by atoms with Crippen molar-refractivity contribution in [1.29, 1.82) is 0 Å². The van der Waals surface area contributed by atoms with Gasteiger partial charge in [0.05, 0.1) is 6.54 Å². The minimum absolute atomic E-state index is 0.115. The fraction of sp³-hybridized carbons (Fsp3) is 0.150. The number of thiazole rings is 1. The zero-order chi connectivity index (χ0) is 19.2. The van der Waals surface area contributed by atoms with E-state index in [-0.39, 0.29) is 18.4 Å². The molecule has 3 aromatic rings. The summed E-state index contributed by atoms with van der Waals surface area (Å²) in [7, 11) is 0. The lowest BCUT2D eigenvalue weighted by Gasteiger charge is -2.07. The predicted octanol–water partition coefficient (Wildman–Crippen LogP) is 4.06. The van der Waals surface area contributed by atoms with Crippen molar-refractivity contribution in [3.05, 3.63) is 81.3 Å². The Morgan fingerprint density at radius 2 is 1.96 bits per heavy atom. The largest absolute Gasteiger partial charge is 0.343 e. The number of halogens is 1. The van der Waals surface area contributed by atoms with Gasteiger partial charge in [0, 0.05) is 28.1 Å². The van der Waals surface area contributed by atoms with E-state index in [9.17, 15) is 9.59 Å². The highest BCUT2D eigenvalue weighted by Gasteiger charge is 2.11. The molecule has 0 fully saturated rings. The van der Waals surface area contributed by atoms with Gasteiger partial charge in [0.15, 0.2) is 5.13 Å². The quantitative estimate of drug-likeness (QED) is 0.656. The summed E-state index contributed by atoms with van der Waals surface area (Å²) in [6, 6.07) is 14.9. The molecule has 1 aromatic heterocycles. The molecule has 0 unspecified atom stereocenters. The van der Waals surface area contributed by atoms with E-state index < -0.39 is 0 Å². The second kappa shape index (κ2) is 8.79. The smallest absolute Gasteiger partial charge is 0.251 e. The predicted molar refractivity (Wildman–Crippen MR) is 109 cm³/mol. The molecule has 1 heterocycles. The molecule has 0 aliphatic rings. The van der Waals surface area contributed by atoms with Crippen LogP contribution < -0.4 is 10.6 Å². The molecule has 2 amide bonds. The standard InChI is InChI=1S/C20H18ClN3O2S/c1-13-5-2-3-8-17(13)19(26)22-12-18(25)24-20-23-11-16(27-20)10-14-6-4-7-15(21)9-14/h2-9,11H,10,12H2,1H3,(H,22,26)(H,23,24,25). The number of aryl methyl sites for hydroxylation is 1. The van der Waals surface area contributed by atoms with Gasteiger partial charge in [0.2, 0.25) is 5.91 Å². The first-order chi connectivity index (χ1) is 13.0. The van der Waals surface area contributed by atoms with Crippen molar-refractivity contribution < 1.29 is 9.59 Å². The molecule has 0 bridgehead atoms. The Bertz CT molecular complexity index is 971. The molecule has 27 heavy (non-hydrogen) atoms. The van der Waals surface area contributed by atoms with Gasteiger partial charge in [0.1, 0.15) is 0 Å². The third-order valence-corrected chi connectivity index (χ3v) is 5.01. The van der Waals surface area contributed by atoms with E-state index in [1.807, 2.05) is 43.3 Å². The van der Waals surface area contributed by atoms with Gasteiger partial charge in [-0.2, -0.15) is 0 Å². The van der Waals surface area contributed by atoms with E-state index in [1.54, 1.807) is 18.3 Å². The number of carbonyl (C=O) groups is 2. The highest BCUT2D eigenvalue weighted by Crippen LogP contribution is 2.22. The topological polar surface area (TPSA) is 71.1 Å². The van der Waals surface area contributed by atoms with E-state index in [0.717, 1.165) is 16.0 Å². The second-order valence-electron chi connectivity index (χ2n) is 5.98. The third kappa shape index (κ3) is 5.39. The Morgan fingerprint density at radius 3 is 2.74 bits per heavy atom. The lowest BCUT2D eigenvalue weighted by molar-refractivity contribution is -0.115. The summed E-state index contributed by atoms with van der Waals surface area (Å²) in [6.07, 6.45) is 2.42. The van der Waals surface area contributed by atoms with Gasteiger partial charge in [-0.3, -0.25) is 9.59 Å².